The number of benzene rings is 2. The summed E-state index contributed by atoms with van der Waals surface area (Å²) in [5, 5.41) is 15.2. The van der Waals surface area contributed by atoms with Crippen LogP contribution in [0, 0.1) is 0 Å². The molecule has 0 atom stereocenters. The first-order chi connectivity index (χ1) is 12.1. The number of anilines is 4. The van der Waals surface area contributed by atoms with E-state index in [0.29, 0.717) is 34.1 Å². The average molecular weight is 376 g/mol. The smallest absolute Gasteiger partial charge is 0.249 e. The van der Waals surface area contributed by atoms with Crippen LogP contribution in [0.15, 0.2) is 48.7 Å². The zero-order chi connectivity index (χ0) is 17.6. The number of hydrogen-bond donors (Lipinski definition) is 2. The number of hydrogen-bond acceptors (Lipinski definition) is 6. The largest absolute Gasteiger partial charge is 0.492 e. The molecule has 0 unspecified atom stereocenters. The van der Waals surface area contributed by atoms with Crippen LogP contribution in [0.2, 0.25) is 10.0 Å². The topological polar surface area (TPSA) is 72.0 Å². The summed E-state index contributed by atoms with van der Waals surface area (Å²) < 4.78 is 5.59. The second-order valence-electron chi connectivity index (χ2n) is 5.00. The Morgan fingerprint density at radius 1 is 1.04 bits per heavy atom. The quantitative estimate of drug-likeness (QED) is 0.626. The van der Waals surface area contributed by atoms with Crippen molar-refractivity contribution in [2.75, 3.05) is 17.2 Å². The lowest BCUT2D eigenvalue weighted by atomic mass is 10.3. The number of nitrogens with one attached hydrogen (secondary N) is 2. The molecule has 0 spiro atoms. The molecule has 3 rings (SSSR count). The molecule has 0 aliphatic carbocycles. The van der Waals surface area contributed by atoms with E-state index in [1.807, 2.05) is 31.2 Å². The van der Waals surface area contributed by atoms with Crippen LogP contribution >= 0.6 is 23.2 Å². The van der Waals surface area contributed by atoms with Crippen LogP contribution < -0.4 is 15.4 Å². The third kappa shape index (κ3) is 4.71. The molecule has 8 heteroatoms. The van der Waals surface area contributed by atoms with Crippen molar-refractivity contribution >= 4 is 46.3 Å². The maximum Gasteiger partial charge on any atom is 0.249 e. The lowest BCUT2D eigenvalue weighted by Crippen LogP contribution is -2.03. The third-order valence-electron chi connectivity index (χ3n) is 3.13. The molecule has 1 aromatic heterocycles. The number of rotatable bonds is 6. The Hall–Kier alpha value is -2.57. The summed E-state index contributed by atoms with van der Waals surface area (Å²) in [7, 11) is 0. The van der Waals surface area contributed by atoms with Crippen LogP contribution in [0.3, 0.4) is 0 Å². The van der Waals surface area contributed by atoms with Gasteiger partial charge in [0.2, 0.25) is 5.95 Å². The summed E-state index contributed by atoms with van der Waals surface area (Å²) in [5.41, 5.74) is 1.47. The van der Waals surface area contributed by atoms with Crippen molar-refractivity contribution in [2.45, 2.75) is 6.92 Å². The van der Waals surface area contributed by atoms with Gasteiger partial charge in [-0.3, -0.25) is 0 Å². The average Bonchev–Trinajstić information content (AvgIpc) is 2.56. The number of halogens is 2. The molecule has 0 fully saturated rings. The fraction of sp³-hybridized carbons (Fsp3) is 0.118. The summed E-state index contributed by atoms with van der Waals surface area (Å²) in [6, 6.07) is 12.7. The maximum absolute atomic E-state index is 5.99. The number of ether oxygens (including phenoxy) is 1. The van der Waals surface area contributed by atoms with Crippen molar-refractivity contribution in [1.29, 1.82) is 0 Å². The van der Waals surface area contributed by atoms with E-state index in [-0.39, 0.29) is 0 Å². The standard InChI is InChI=1S/C17H15Cl2N5O/c1-2-25-15-6-4-3-5-14(15)22-16-10-20-24-17(23-16)21-13-8-11(18)7-12(19)9-13/h3-10H,2H2,1H3,(H2,21,22,23,24). The first kappa shape index (κ1) is 17.3. The molecule has 25 heavy (non-hydrogen) atoms. The first-order valence-corrected chi connectivity index (χ1v) is 8.31. The van der Waals surface area contributed by atoms with Gasteiger partial charge < -0.3 is 15.4 Å². The molecule has 6 nitrogen and oxygen atoms in total. The molecule has 0 saturated heterocycles. The van der Waals surface area contributed by atoms with E-state index in [1.54, 1.807) is 18.2 Å². The van der Waals surface area contributed by atoms with Crippen LogP contribution in [-0.4, -0.2) is 21.8 Å². The predicted octanol–water partition coefficient (Wildman–Crippen LogP) is 5.06. The highest BCUT2D eigenvalue weighted by Gasteiger charge is 2.07. The Labute approximate surface area is 155 Å². The molecule has 3 aromatic rings. The van der Waals surface area contributed by atoms with Crippen LogP contribution in [0.5, 0.6) is 5.75 Å². The molecule has 1 heterocycles. The molecule has 0 aliphatic rings. The molecule has 0 radical (unpaired) electrons. The zero-order valence-electron chi connectivity index (χ0n) is 13.3. The molecule has 0 bridgehead atoms. The monoisotopic (exact) mass is 375 g/mol. The van der Waals surface area contributed by atoms with Gasteiger partial charge in [-0.15, -0.1) is 5.10 Å². The predicted molar refractivity (Wildman–Crippen MR) is 100 cm³/mol. The minimum atomic E-state index is 0.317. The van der Waals surface area contributed by atoms with Gasteiger partial charge in [0.05, 0.1) is 18.5 Å². The molecule has 0 amide bonds. The number of aromatic nitrogens is 3. The van der Waals surface area contributed by atoms with Gasteiger partial charge in [0.15, 0.2) is 5.82 Å². The number of para-hydroxylation sites is 2. The van der Waals surface area contributed by atoms with Gasteiger partial charge in [0.25, 0.3) is 0 Å². The minimum absolute atomic E-state index is 0.317. The van der Waals surface area contributed by atoms with Crippen LogP contribution in [-0.2, 0) is 0 Å². The van der Waals surface area contributed by atoms with Gasteiger partial charge in [-0.05, 0) is 37.3 Å². The van der Waals surface area contributed by atoms with Gasteiger partial charge >= 0.3 is 0 Å². The molecule has 2 N–H and O–H groups in total. The molecule has 128 valence electrons. The first-order valence-electron chi connectivity index (χ1n) is 7.55. The van der Waals surface area contributed by atoms with E-state index in [4.69, 9.17) is 27.9 Å². The Balaban J connectivity index is 1.80. The molecule has 0 aliphatic heterocycles. The van der Waals surface area contributed by atoms with E-state index in [2.05, 4.69) is 25.8 Å². The fourth-order valence-electron chi connectivity index (χ4n) is 2.16. The van der Waals surface area contributed by atoms with Crippen molar-refractivity contribution < 1.29 is 4.74 Å². The van der Waals surface area contributed by atoms with E-state index in [0.717, 1.165) is 11.4 Å². The van der Waals surface area contributed by atoms with E-state index >= 15 is 0 Å². The third-order valence-corrected chi connectivity index (χ3v) is 3.56. The van der Waals surface area contributed by atoms with Gasteiger partial charge in [0.1, 0.15) is 5.75 Å². The Bertz CT molecular complexity index is 855. The van der Waals surface area contributed by atoms with Gasteiger partial charge in [0, 0.05) is 15.7 Å². The highest BCUT2D eigenvalue weighted by molar-refractivity contribution is 6.35. The molecule has 0 saturated carbocycles. The van der Waals surface area contributed by atoms with Crippen LogP contribution in [0.4, 0.5) is 23.1 Å². The number of nitrogens with zero attached hydrogens (tertiary/aromatic N) is 3. The van der Waals surface area contributed by atoms with Gasteiger partial charge in [-0.1, -0.05) is 35.3 Å². The SMILES string of the molecule is CCOc1ccccc1Nc1cnnc(Nc2cc(Cl)cc(Cl)c2)n1. The highest BCUT2D eigenvalue weighted by atomic mass is 35.5. The van der Waals surface area contributed by atoms with Crippen LogP contribution in [0.1, 0.15) is 6.92 Å². The van der Waals surface area contributed by atoms with Crippen molar-refractivity contribution in [3.8, 4) is 5.75 Å². The maximum atomic E-state index is 5.99. The van der Waals surface area contributed by atoms with Crippen LogP contribution in [0.25, 0.3) is 0 Å². The van der Waals surface area contributed by atoms with E-state index < -0.39 is 0 Å². The molecule has 2 aromatic carbocycles. The lowest BCUT2D eigenvalue weighted by molar-refractivity contribution is 0.342. The summed E-state index contributed by atoms with van der Waals surface area (Å²) in [5.74, 6) is 1.58. The Kier molecular flexibility index (Phi) is 5.53. The highest BCUT2D eigenvalue weighted by Crippen LogP contribution is 2.27. The normalized spacial score (nSPS) is 10.4. The Morgan fingerprint density at radius 2 is 1.80 bits per heavy atom. The summed E-state index contributed by atoms with van der Waals surface area (Å²) >= 11 is 12.0. The van der Waals surface area contributed by atoms with E-state index in [9.17, 15) is 0 Å². The summed E-state index contributed by atoms with van der Waals surface area (Å²) in [4.78, 5) is 4.39. The van der Waals surface area contributed by atoms with Gasteiger partial charge in [-0.25, -0.2) is 0 Å². The van der Waals surface area contributed by atoms with E-state index in [1.165, 1.54) is 6.20 Å². The summed E-state index contributed by atoms with van der Waals surface area (Å²) in [6.07, 6.45) is 1.53. The van der Waals surface area contributed by atoms with Crippen molar-refractivity contribution in [2.24, 2.45) is 0 Å². The lowest BCUT2D eigenvalue weighted by Gasteiger charge is -2.12. The summed E-state index contributed by atoms with van der Waals surface area (Å²) in [6.45, 7) is 2.50. The van der Waals surface area contributed by atoms with Crippen molar-refractivity contribution in [3.05, 3.63) is 58.7 Å². The van der Waals surface area contributed by atoms with Crippen molar-refractivity contribution in [3.63, 3.8) is 0 Å². The second-order valence-corrected chi connectivity index (χ2v) is 5.88. The minimum Gasteiger partial charge on any atom is -0.492 e. The fourth-order valence-corrected chi connectivity index (χ4v) is 2.69. The zero-order valence-corrected chi connectivity index (χ0v) is 14.8. The second kappa shape index (κ2) is 8.00. The Morgan fingerprint density at radius 3 is 2.56 bits per heavy atom. The molecular weight excluding hydrogens is 361 g/mol. The van der Waals surface area contributed by atoms with Gasteiger partial charge in [-0.2, -0.15) is 10.1 Å². The van der Waals surface area contributed by atoms with Crippen molar-refractivity contribution in [1.82, 2.24) is 15.2 Å². The molecular formula is C17H15Cl2N5O.